The molecule has 0 amide bonds. The van der Waals surface area contributed by atoms with E-state index < -0.39 is 6.10 Å². The van der Waals surface area contributed by atoms with Gasteiger partial charge in [0.05, 0.1) is 21.9 Å². The average molecular weight is 487 g/mol. The standard InChI is InChI=1S/C26H25Cl2FN2O2/c27-23-11-10-19(13-24(23)28)26-14-22(33-30-26)17-31(15-20-8-4-5-9-25(20)29)16-21(32)12-18-6-2-1-3-7-18/h1-11,13,21-22,32H,12,14-17H2. The van der Waals surface area contributed by atoms with Crippen molar-refractivity contribution in [3.63, 3.8) is 0 Å². The number of rotatable bonds is 9. The number of aliphatic hydroxyl groups excluding tert-OH is 1. The molecule has 0 bridgehead atoms. The normalized spacial score (nSPS) is 16.5. The summed E-state index contributed by atoms with van der Waals surface area (Å²) in [4.78, 5) is 7.70. The quantitative estimate of drug-likeness (QED) is 0.419. The Morgan fingerprint density at radius 2 is 1.79 bits per heavy atom. The molecule has 4 rings (SSSR count). The van der Waals surface area contributed by atoms with E-state index in [0.717, 1.165) is 16.8 Å². The molecule has 0 aliphatic carbocycles. The highest BCUT2D eigenvalue weighted by Crippen LogP contribution is 2.26. The highest BCUT2D eigenvalue weighted by molar-refractivity contribution is 6.42. The Morgan fingerprint density at radius 1 is 1.03 bits per heavy atom. The number of halogens is 3. The fourth-order valence-electron chi connectivity index (χ4n) is 3.98. The first-order valence-electron chi connectivity index (χ1n) is 10.8. The number of nitrogens with zero attached hydrogens (tertiary/aromatic N) is 2. The number of benzene rings is 3. The maximum atomic E-state index is 14.3. The Kier molecular flexibility index (Phi) is 7.99. The van der Waals surface area contributed by atoms with Crippen molar-refractivity contribution in [2.45, 2.75) is 31.6 Å². The zero-order valence-electron chi connectivity index (χ0n) is 18.0. The molecule has 1 heterocycles. The molecule has 2 unspecified atom stereocenters. The first-order chi connectivity index (χ1) is 16.0. The van der Waals surface area contributed by atoms with Gasteiger partial charge in [-0.25, -0.2) is 4.39 Å². The van der Waals surface area contributed by atoms with Gasteiger partial charge in [-0.1, -0.05) is 83.0 Å². The van der Waals surface area contributed by atoms with Gasteiger partial charge in [-0.05, 0) is 30.2 Å². The van der Waals surface area contributed by atoms with Crippen LogP contribution < -0.4 is 0 Å². The van der Waals surface area contributed by atoms with Crippen LogP contribution in [0.1, 0.15) is 23.1 Å². The Balaban J connectivity index is 1.43. The van der Waals surface area contributed by atoms with Gasteiger partial charge in [0.25, 0.3) is 0 Å². The fraction of sp³-hybridized carbons (Fsp3) is 0.269. The van der Waals surface area contributed by atoms with E-state index in [1.165, 1.54) is 6.07 Å². The van der Waals surface area contributed by atoms with Crippen molar-refractivity contribution in [2.75, 3.05) is 13.1 Å². The van der Waals surface area contributed by atoms with Crippen molar-refractivity contribution in [3.8, 4) is 0 Å². The number of oxime groups is 1. The van der Waals surface area contributed by atoms with Crippen LogP contribution in [0.2, 0.25) is 10.0 Å². The monoisotopic (exact) mass is 486 g/mol. The van der Waals surface area contributed by atoms with E-state index in [1.807, 2.05) is 47.4 Å². The minimum atomic E-state index is -0.601. The van der Waals surface area contributed by atoms with E-state index in [4.69, 9.17) is 28.0 Å². The van der Waals surface area contributed by atoms with E-state index in [0.29, 0.717) is 48.1 Å². The van der Waals surface area contributed by atoms with E-state index in [9.17, 15) is 9.50 Å². The van der Waals surface area contributed by atoms with Crippen LogP contribution in [0.25, 0.3) is 0 Å². The number of aliphatic hydroxyl groups is 1. The van der Waals surface area contributed by atoms with Gasteiger partial charge in [-0.15, -0.1) is 0 Å². The zero-order valence-corrected chi connectivity index (χ0v) is 19.5. The first-order valence-corrected chi connectivity index (χ1v) is 11.6. The van der Waals surface area contributed by atoms with E-state index in [2.05, 4.69) is 5.16 Å². The van der Waals surface area contributed by atoms with Crippen molar-refractivity contribution in [2.24, 2.45) is 5.16 Å². The highest BCUT2D eigenvalue weighted by Gasteiger charge is 2.26. The van der Waals surface area contributed by atoms with E-state index in [-0.39, 0.29) is 11.9 Å². The third kappa shape index (κ3) is 6.55. The summed E-state index contributed by atoms with van der Waals surface area (Å²) in [5.74, 6) is -0.264. The molecule has 3 aromatic carbocycles. The fourth-order valence-corrected chi connectivity index (χ4v) is 4.28. The van der Waals surface area contributed by atoms with Gasteiger partial charge in [0.2, 0.25) is 0 Å². The largest absolute Gasteiger partial charge is 0.391 e. The second-order valence-electron chi connectivity index (χ2n) is 8.23. The number of hydrogen-bond donors (Lipinski definition) is 1. The molecule has 7 heteroatoms. The van der Waals surface area contributed by atoms with Crippen LogP contribution in [-0.4, -0.2) is 41.0 Å². The van der Waals surface area contributed by atoms with Crippen LogP contribution in [0.5, 0.6) is 0 Å². The van der Waals surface area contributed by atoms with Gasteiger partial charge in [0, 0.05) is 37.2 Å². The third-order valence-corrected chi connectivity index (χ3v) is 6.32. The summed E-state index contributed by atoms with van der Waals surface area (Å²) >= 11 is 12.2. The molecular formula is C26H25Cl2FN2O2. The summed E-state index contributed by atoms with van der Waals surface area (Å²) in [6.07, 6.45) is 0.285. The summed E-state index contributed by atoms with van der Waals surface area (Å²) < 4.78 is 14.3. The van der Waals surface area contributed by atoms with Gasteiger partial charge < -0.3 is 9.94 Å². The van der Waals surface area contributed by atoms with E-state index in [1.54, 1.807) is 24.3 Å². The lowest BCUT2D eigenvalue weighted by Gasteiger charge is -2.27. The zero-order chi connectivity index (χ0) is 23.2. The van der Waals surface area contributed by atoms with Crippen LogP contribution in [0.4, 0.5) is 4.39 Å². The molecule has 172 valence electrons. The lowest BCUT2D eigenvalue weighted by atomic mass is 10.0. The van der Waals surface area contributed by atoms with Crippen LogP contribution in [0.15, 0.2) is 78.0 Å². The van der Waals surface area contributed by atoms with Crippen molar-refractivity contribution in [1.29, 1.82) is 0 Å². The highest BCUT2D eigenvalue weighted by atomic mass is 35.5. The molecule has 0 spiro atoms. The molecular weight excluding hydrogens is 462 g/mol. The predicted molar refractivity (Wildman–Crippen MR) is 130 cm³/mol. The lowest BCUT2D eigenvalue weighted by Crippen LogP contribution is -2.38. The van der Waals surface area contributed by atoms with Crippen LogP contribution in [-0.2, 0) is 17.8 Å². The van der Waals surface area contributed by atoms with Crippen molar-refractivity contribution >= 4 is 28.9 Å². The Bertz CT molecular complexity index is 1110. The van der Waals surface area contributed by atoms with Crippen LogP contribution in [0.3, 0.4) is 0 Å². The molecule has 0 saturated carbocycles. The maximum Gasteiger partial charge on any atom is 0.145 e. The minimum Gasteiger partial charge on any atom is -0.391 e. The van der Waals surface area contributed by atoms with Gasteiger partial charge in [-0.2, -0.15) is 0 Å². The predicted octanol–water partition coefficient (Wildman–Crippen LogP) is 5.73. The second-order valence-corrected chi connectivity index (χ2v) is 9.04. The first kappa shape index (κ1) is 23.7. The Labute approximate surface area is 203 Å². The maximum absolute atomic E-state index is 14.3. The molecule has 3 aromatic rings. The Hall–Kier alpha value is -2.44. The summed E-state index contributed by atoms with van der Waals surface area (Å²) in [6.45, 7) is 1.24. The van der Waals surface area contributed by atoms with Crippen LogP contribution in [0, 0.1) is 5.82 Å². The minimum absolute atomic E-state index is 0.217. The lowest BCUT2D eigenvalue weighted by molar-refractivity contribution is 0.0319. The second kappa shape index (κ2) is 11.1. The molecule has 1 N–H and O–H groups in total. The van der Waals surface area contributed by atoms with Gasteiger partial charge in [0.1, 0.15) is 11.9 Å². The molecule has 33 heavy (non-hydrogen) atoms. The van der Waals surface area contributed by atoms with Gasteiger partial charge in [0.15, 0.2) is 0 Å². The molecule has 0 aromatic heterocycles. The molecule has 1 aliphatic heterocycles. The molecule has 4 nitrogen and oxygen atoms in total. The van der Waals surface area contributed by atoms with E-state index >= 15 is 0 Å². The summed E-state index contributed by atoms with van der Waals surface area (Å²) in [5, 5.41) is 15.9. The van der Waals surface area contributed by atoms with Crippen molar-refractivity contribution < 1.29 is 14.3 Å². The molecule has 0 radical (unpaired) electrons. The topological polar surface area (TPSA) is 45.1 Å². The third-order valence-electron chi connectivity index (χ3n) is 5.58. The van der Waals surface area contributed by atoms with Crippen LogP contribution >= 0.6 is 23.2 Å². The SMILES string of the molecule is OC(Cc1ccccc1)CN(Cc1ccccc1F)CC1CC(c2ccc(Cl)c(Cl)c2)=NO1. The summed E-state index contributed by atoms with van der Waals surface area (Å²) in [5.41, 5.74) is 3.28. The summed E-state index contributed by atoms with van der Waals surface area (Å²) in [7, 11) is 0. The van der Waals surface area contributed by atoms with Crippen molar-refractivity contribution in [1.82, 2.24) is 4.90 Å². The smallest absolute Gasteiger partial charge is 0.145 e. The molecule has 0 saturated heterocycles. The average Bonchev–Trinajstić information content (AvgIpc) is 3.26. The van der Waals surface area contributed by atoms with Gasteiger partial charge in [-0.3, -0.25) is 4.90 Å². The van der Waals surface area contributed by atoms with Crippen molar-refractivity contribution in [3.05, 3.63) is 105 Å². The Morgan fingerprint density at radius 3 is 2.55 bits per heavy atom. The van der Waals surface area contributed by atoms with Gasteiger partial charge >= 0.3 is 0 Å². The molecule has 2 atom stereocenters. The molecule has 1 aliphatic rings. The molecule has 0 fully saturated rings. The number of hydrogen-bond acceptors (Lipinski definition) is 4. The summed E-state index contributed by atoms with van der Waals surface area (Å²) in [6, 6.07) is 21.9.